The smallest absolute Gasteiger partial charge is 0.254 e. The van der Waals surface area contributed by atoms with Crippen molar-refractivity contribution in [3.8, 4) is 28.4 Å². The molecule has 0 radical (unpaired) electrons. The number of carbonyl (C=O) groups excluding carboxylic acids is 2. The standard InChI is InChI=1S/C38H39N5O3/c1-21-25-11-13-31(21)43(20-25)38(45)26-15-30-36(34(18-26)46-3)41(2)37(40-30)33-17-24-10-9-23(16-32(24)42(33)19-22-7-8-22)27-5-4-6-29-28(27)12-14-35(44)39-29/h4-6,9-10,15-18,21-22,25,31H,7-8,11-14,19-20H2,1-3H3,(H,39,44)/t21-,25?,31?/m1/s1. The van der Waals surface area contributed by atoms with Gasteiger partial charge in [0.15, 0.2) is 5.82 Å². The summed E-state index contributed by atoms with van der Waals surface area (Å²) in [6, 6.07) is 19.4. The van der Waals surface area contributed by atoms with Crippen LogP contribution in [0.25, 0.3) is 44.6 Å². The summed E-state index contributed by atoms with van der Waals surface area (Å²) in [5.41, 5.74) is 9.02. The summed E-state index contributed by atoms with van der Waals surface area (Å²) >= 11 is 0. The van der Waals surface area contributed by atoms with Crippen LogP contribution in [0.15, 0.2) is 54.6 Å². The van der Waals surface area contributed by atoms with Gasteiger partial charge in [0.25, 0.3) is 5.91 Å². The number of benzene rings is 3. The molecule has 4 aliphatic rings. The normalized spacial score (nSPS) is 22.1. The Labute approximate surface area is 268 Å². The van der Waals surface area contributed by atoms with Gasteiger partial charge in [0, 0.05) is 54.8 Å². The van der Waals surface area contributed by atoms with E-state index >= 15 is 0 Å². The van der Waals surface area contributed by atoms with Crippen LogP contribution in [-0.2, 0) is 24.8 Å². The van der Waals surface area contributed by atoms with Gasteiger partial charge in [-0.1, -0.05) is 31.2 Å². The summed E-state index contributed by atoms with van der Waals surface area (Å²) in [5.74, 6) is 3.55. The molecule has 2 unspecified atom stereocenters. The van der Waals surface area contributed by atoms with Crippen LogP contribution in [0.3, 0.4) is 0 Å². The SMILES string of the molecule is COc1cc(C(=O)N2CC3CCC2[C@@H]3C)cc2nc(-c3cc4ccc(-c5cccc6c5CCC(=O)N6)cc4n3CC3CC3)n(C)c12. The fraction of sp³-hybridized carbons (Fsp3) is 0.395. The number of nitrogens with zero attached hydrogens (tertiary/aromatic N) is 4. The highest BCUT2D eigenvalue weighted by Crippen LogP contribution is 2.44. The van der Waals surface area contributed by atoms with Gasteiger partial charge >= 0.3 is 0 Å². The van der Waals surface area contributed by atoms with Crippen molar-refractivity contribution >= 4 is 39.4 Å². The summed E-state index contributed by atoms with van der Waals surface area (Å²) in [6.07, 6.45) is 6.06. The number of nitrogens with one attached hydrogen (secondary N) is 1. The molecule has 8 heteroatoms. The molecule has 0 spiro atoms. The summed E-state index contributed by atoms with van der Waals surface area (Å²) in [4.78, 5) is 33.2. The Morgan fingerprint density at radius 1 is 1.04 bits per heavy atom. The molecular formula is C38H39N5O3. The number of hydrogen-bond acceptors (Lipinski definition) is 4. The van der Waals surface area contributed by atoms with E-state index in [-0.39, 0.29) is 11.8 Å². The second kappa shape index (κ2) is 10.2. The maximum Gasteiger partial charge on any atom is 0.254 e. The van der Waals surface area contributed by atoms with Gasteiger partial charge < -0.3 is 24.1 Å². The van der Waals surface area contributed by atoms with Crippen molar-refractivity contribution in [3.63, 3.8) is 0 Å². The van der Waals surface area contributed by atoms with Crippen molar-refractivity contribution in [2.75, 3.05) is 19.0 Å². The molecule has 4 heterocycles. The Balaban J connectivity index is 1.15. The largest absolute Gasteiger partial charge is 0.494 e. The number of hydrogen-bond donors (Lipinski definition) is 1. The van der Waals surface area contributed by atoms with Crippen LogP contribution in [0.2, 0.25) is 0 Å². The van der Waals surface area contributed by atoms with Gasteiger partial charge in [-0.2, -0.15) is 0 Å². The minimum atomic E-state index is 0.0799. The highest BCUT2D eigenvalue weighted by Gasteiger charge is 2.46. The molecule has 1 saturated heterocycles. The van der Waals surface area contributed by atoms with Crippen LogP contribution in [0.1, 0.15) is 54.9 Å². The molecule has 8 nitrogen and oxygen atoms in total. The molecule has 1 N–H and O–H groups in total. The Kier molecular flexibility index (Phi) is 6.15. The third kappa shape index (κ3) is 4.22. The molecule has 2 saturated carbocycles. The molecule has 46 heavy (non-hydrogen) atoms. The second-order valence-electron chi connectivity index (χ2n) is 14.0. The maximum atomic E-state index is 13.8. The molecule has 3 atom stereocenters. The van der Waals surface area contributed by atoms with Crippen molar-refractivity contribution < 1.29 is 14.3 Å². The predicted octanol–water partition coefficient (Wildman–Crippen LogP) is 7.04. The molecule has 2 aromatic heterocycles. The summed E-state index contributed by atoms with van der Waals surface area (Å²) in [6.45, 7) is 4.08. The van der Waals surface area contributed by atoms with Crippen LogP contribution in [-0.4, -0.2) is 50.5 Å². The molecule has 234 valence electrons. The quantitative estimate of drug-likeness (QED) is 0.223. The van der Waals surface area contributed by atoms with Crippen LogP contribution in [0.5, 0.6) is 5.75 Å². The number of rotatable bonds is 6. The Hall–Kier alpha value is -4.59. The van der Waals surface area contributed by atoms with Crippen molar-refractivity contribution in [2.24, 2.45) is 24.8 Å². The Morgan fingerprint density at radius 3 is 2.67 bits per heavy atom. The first-order valence-electron chi connectivity index (χ1n) is 16.8. The zero-order valence-electron chi connectivity index (χ0n) is 26.7. The van der Waals surface area contributed by atoms with Crippen molar-refractivity contribution in [1.29, 1.82) is 0 Å². The van der Waals surface area contributed by atoms with E-state index in [2.05, 4.69) is 56.6 Å². The fourth-order valence-corrected chi connectivity index (χ4v) is 8.59. The van der Waals surface area contributed by atoms with Gasteiger partial charge in [0.1, 0.15) is 11.3 Å². The van der Waals surface area contributed by atoms with E-state index < -0.39 is 0 Å². The summed E-state index contributed by atoms with van der Waals surface area (Å²) in [7, 11) is 3.72. The molecular weight excluding hydrogens is 574 g/mol. The minimum Gasteiger partial charge on any atom is -0.494 e. The van der Waals surface area contributed by atoms with Crippen LogP contribution in [0.4, 0.5) is 5.69 Å². The second-order valence-corrected chi connectivity index (χ2v) is 14.0. The Bertz CT molecular complexity index is 2090. The molecule has 2 aliphatic carbocycles. The van der Waals surface area contributed by atoms with Gasteiger partial charge in [-0.05, 0) is 96.9 Å². The lowest BCUT2D eigenvalue weighted by atomic mass is 9.92. The van der Waals surface area contributed by atoms with E-state index in [4.69, 9.17) is 9.72 Å². The Morgan fingerprint density at radius 2 is 1.91 bits per heavy atom. The first kappa shape index (κ1) is 27.7. The fourth-order valence-electron chi connectivity index (χ4n) is 8.59. The third-order valence-corrected chi connectivity index (χ3v) is 11.3. The number of ether oxygens (including phenoxy) is 1. The van der Waals surface area contributed by atoms with E-state index in [0.29, 0.717) is 41.5 Å². The number of carbonyl (C=O) groups is 2. The van der Waals surface area contributed by atoms with E-state index in [1.165, 1.54) is 41.3 Å². The minimum absolute atomic E-state index is 0.0799. The monoisotopic (exact) mass is 613 g/mol. The van der Waals surface area contributed by atoms with E-state index in [1.54, 1.807) is 7.11 Å². The number of likely N-dealkylation sites (tertiary alicyclic amines) is 1. The number of anilines is 1. The van der Waals surface area contributed by atoms with Gasteiger partial charge in [-0.3, -0.25) is 9.59 Å². The van der Waals surface area contributed by atoms with Crippen LogP contribution < -0.4 is 10.1 Å². The van der Waals surface area contributed by atoms with Gasteiger partial charge in [0.2, 0.25) is 5.91 Å². The lowest BCUT2D eigenvalue weighted by Gasteiger charge is -2.27. The topological polar surface area (TPSA) is 81.4 Å². The molecule has 2 amide bonds. The van der Waals surface area contributed by atoms with E-state index in [9.17, 15) is 9.59 Å². The van der Waals surface area contributed by atoms with Crippen LogP contribution >= 0.6 is 0 Å². The van der Waals surface area contributed by atoms with Crippen molar-refractivity contribution in [1.82, 2.24) is 19.0 Å². The highest BCUT2D eigenvalue weighted by atomic mass is 16.5. The lowest BCUT2D eigenvalue weighted by molar-refractivity contribution is -0.116. The summed E-state index contributed by atoms with van der Waals surface area (Å²) in [5, 5.41) is 4.22. The van der Waals surface area contributed by atoms with Crippen LogP contribution in [0, 0.1) is 17.8 Å². The average Bonchev–Trinajstić information content (AvgIpc) is 3.47. The average molecular weight is 614 g/mol. The zero-order chi connectivity index (χ0) is 31.3. The zero-order valence-corrected chi connectivity index (χ0v) is 26.7. The molecule has 9 rings (SSSR count). The number of methoxy groups -OCH3 is 1. The maximum absolute atomic E-state index is 13.8. The predicted molar refractivity (Wildman–Crippen MR) is 180 cm³/mol. The number of fused-ring (bicyclic) bond motifs is 5. The number of aryl methyl sites for hydroxylation is 1. The number of aromatic nitrogens is 3. The molecule has 5 aromatic rings. The highest BCUT2D eigenvalue weighted by molar-refractivity contribution is 6.01. The molecule has 3 fully saturated rings. The van der Waals surface area contributed by atoms with E-state index in [0.717, 1.165) is 59.7 Å². The lowest BCUT2D eigenvalue weighted by Crippen LogP contribution is -2.38. The third-order valence-electron chi connectivity index (χ3n) is 11.3. The molecule has 2 aliphatic heterocycles. The number of amides is 2. The van der Waals surface area contributed by atoms with E-state index in [1.807, 2.05) is 31.3 Å². The first-order chi connectivity index (χ1) is 22.4. The molecule has 2 bridgehead atoms. The van der Waals surface area contributed by atoms with Crippen molar-refractivity contribution in [2.45, 2.75) is 58.0 Å². The summed E-state index contributed by atoms with van der Waals surface area (Å²) < 4.78 is 10.5. The van der Waals surface area contributed by atoms with Crippen molar-refractivity contribution in [3.05, 3.63) is 65.7 Å². The van der Waals surface area contributed by atoms with Gasteiger partial charge in [0.05, 0.1) is 18.3 Å². The van der Waals surface area contributed by atoms with Gasteiger partial charge in [-0.25, -0.2) is 4.98 Å². The molecule has 3 aromatic carbocycles. The number of piperidine rings is 1. The van der Waals surface area contributed by atoms with Gasteiger partial charge in [-0.15, -0.1) is 0 Å². The number of imidazole rings is 1. The first-order valence-corrected chi connectivity index (χ1v) is 16.8.